The number of aliphatic imine (C=N–C) groups is 2. The van der Waals surface area contributed by atoms with E-state index in [1.807, 2.05) is 31.2 Å². The monoisotopic (exact) mass is 463 g/mol. The number of piperazine rings is 1. The Morgan fingerprint density at radius 2 is 2.06 bits per heavy atom. The van der Waals surface area contributed by atoms with Crippen LogP contribution in [0.25, 0.3) is 10.9 Å². The molecule has 1 fully saturated rings. The second-order valence-electron chi connectivity index (χ2n) is 8.53. The minimum Gasteiger partial charge on any atom is -0.471 e. The van der Waals surface area contributed by atoms with E-state index in [1.54, 1.807) is 0 Å². The average molecular weight is 464 g/mol. The molecule has 3 aromatic rings. The van der Waals surface area contributed by atoms with Crippen molar-refractivity contribution in [3.05, 3.63) is 53.1 Å². The molecule has 0 unspecified atom stereocenters. The van der Waals surface area contributed by atoms with Crippen molar-refractivity contribution < 1.29 is 9.26 Å². The maximum Gasteiger partial charge on any atom is 0.230 e. The van der Waals surface area contributed by atoms with Crippen LogP contribution in [0, 0.1) is 13.8 Å². The van der Waals surface area contributed by atoms with Gasteiger partial charge in [0.05, 0.1) is 5.69 Å². The van der Waals surface area contributed by atoms with Crippen molar-refractivity contribution >= 4 is 29.3 Å². The molecule has 9 heteroatoms. The largest absolute Gasteiger partial charge is 0.471 e. The van der Waals surface area contributed by atoms with Crippen molar-refractivity contribution in [3.63, 3.8) is 0 Å². The molecule has 2 aromatic heterocycles. The summed E-state index contributed by atoms with van der Waals surface area (Å²) in [5.41, 5.74) is 4.21. The second-order valence-corrected chi connectivity index (χ2v) is 8.53. The van der Waals surface area contributed by atoms with Gasteiger partial charge in [0, 0.05) is 60.5 Å². The smallest absolute Gasteiger partial charge is 0.230 e. The topological polar surface area (TPSA) is 94.3 Å². The molecule has 1 saturated heterocycles. The van der Waals surface area contributed by atoms with E-state index in [-0.39, 0.29) is 6.73 Å². The molecule has 34 heavy (non-hydrogen) atoms. The number of aryl methyl sites for hydroxylation is 3. The summed E-state index contributed by atoms with van der Waals surface area (Å²) in [7, 11) is 2.13. The van der Waals surface area contributed by atoms with Crippen LogP contribution >= 0.6 is 0 Å². The number of aromatic amines is 1. The lowest BCUT2D eigenvalue weighted by molar-refractivity contribution is 0.214. The molecule has 1 aliphatic heterocycles. The number of rotatable bonds is 8. The van der Waals surface area contributed by atoms with Gasteiger partial charge in [0.25, 0.3) is 0 Å². The second kappa shape index (κ2) is 10.6. The molecule has 9 nitrogen and oxygen atoms in total. The van der Waals surface area contributed by atoms with Gasteiger partial charge < -0.3 is 29.4 Å². The molecule has 3 heterocycles. The van der Waals surface area contributed by atoms with Gasteiger partial charge in [0.1, 0.15) is 17.4 Å². The number of hydrogen-bond acceptors (Lipinski definition) is 7. The number of amidine groups is 1. The summed E-state index contributed by atoms with van der Waals surface area (Å²) >= 11 is 0. The standard InChI is InChI=1S/C25H33N7O2/c1-6-19-14-25(34-30-19)29-23(26-4)15-24(32-11-9-31(5)10-12-32)27-16-33-22-8-7-21-20(18(22)3)13-17(2)28-21/h7-8,13-15,28-29H,4,6,9-12,16H2,1-3,5H3/b23-15+,27-24+. The van der Waals surface area contributed by atoms with Crippen LogP contribution in [0.3, 0.4) is 0 Å². The molecular formula is C25H33N7O2. The van der Waals surface area contributed by atoms with E-state index in [9.17, 15) is 0 Å². The molecule has 180 valence electrons. The molecule has 1 aliphatic rings. The first-order valence-corrected chi connectivity index (χ1v) is 11.6. The molecule has 0 aliphatic carbocycles. The van der Waals surface area contributed by atoms with Gasteiger partial charge in [-0.1, -0.05) is 12.1 Å². The lowest BCUT2D eigenvalue weighted by atomic mass is 10.1. The predicted molar refractivity (Wildman–Crippen MR) is 137 cm³/mol. The SMILES string of the molecule is C=N/C(=C\C(=N/COc1ccc2[nH]c(C)cc2c1C)N1CCN(C)CC1)Nc1cc(CC)no1. The van der Waals surface area contributed by atoms with Crippen LogP contribution in [0.5, 0.6) is 5.75 Å². The Morgan fingerprint density at radius 1 is 1.26 bits per heavy atom. The maximum absolute atomic E-state index is 6.09. The molecule has 0 amide bonds. The highest BCUT2D eigenvalue weighted by Crippen LogP contribution is 2.27. The van der Waals surface area contributed by atoms with E-state index in [2.05, 4.69) is 63.9 Å². The lowest BCUT2D eigenvalue weighted by Crippen LogP contribution is -2.47. The van der Waals surface area contributed by atoms with Gasteiger partial charge in [-0.3, -0.25) is 0 Å². The first-order valence-electron chi connectivity index (χ1n) is 11.6. The number of anilines is 1. The summed E-state index contributed by atoms with van der Waals surface area (Å²) in [4.78, 5) is 16.8. The van der Waals surface area contributed by atoms with Crippen LogP contribution in [0.15, 0.2) is 50.7 Å². The number of benzene rings is 1. The van der Waals surface area contributed by atoms with Gasteiger partial charge in [-0.15, -0.1) is 0 Å². The summed E-state index contributed by atoms with van der Waals surface area (Å²) in [5.74, 6) is 2.67. The number of nitrogens with zero attached hydrogens (tertiary/aromatic N) is 5. The highest BCUT2D eigenvalue weighted by atomic mass is 16.5. The van der Waals surface area contributed by atoms with E-state index in [0.717, 1.165) is 66.7 Å². The Morgan fingerprint density at radius 3 is 2.76 bits per heavy atom. The zero-order chi connectivity index (χ0) is 24.1. The normalized spacial score (nSPS) is 15.7. The fourth-order valence-electron chi connectivity index (χ4n) is 3.97. The number of likely N-dealkylation sites (N-methyl/N-ethyl adjacent to an activating group) is 1. The van der Waals surface area contributed by atoms with Crippen molar-refractivity contribution in [1.29, 1.82) is 0 Å². The summed E-state index contributed by atoms with van der Waals surface area (Å²) < 4.78 is 11.4. The highest BCUT2D eigenvalue weighted by Gasteiger charge is 2.17. The van der Waals surface area contributed by atoms with Crippen molar-refractivity contribution in [1.82, 2.24) is 19.9 Å². The van der Waals surface area contributed by atoms with Crippen molar-refractivity contribution in [2.75, 3.05) is 45.3 Å². The van der Waals surface area contributed by atoms with Gasteiger partial charge in [-0.25, -0.2) is 9.98 Å². The first-order chi connectivity index (χ1) is 16.5. The average Bonchev–Trinajstić information content (AvgIpc) is 3.45. The lowest BCUT2D eigenvalue weighted by Gasteiger charge is -2.33. The molecule has 0 radical (unpaired) electrons. The van der Waals surface area contributed by atoms with Crippen LogP contribution in [0.2, 0.25) is 0 Å². The zero-order valence-electron chi connectivity index (χ0n) is 20.4. The van der Waals surface area contributed by atoms with Crippen LogP contribution < -0.4 is 10.1 Å². The molecule has 4 rings (SSSR count). The van der Waals surface area contributed by atoms with Crippen LogP contribution in [-0.2, 0) is 6.42 Å². The number of nitrogens with one attached hydrogen (secondary N) is 2. The third-order valence-corrected chi connectivity index (χ3v) is 6.04. The quantitative estimate of drug-likeness (QED) is 0.388. The fourth-order valence-corrected chi connectivity index (χ4v) is 3.97. The Kier molecular flexibility index (Phi) is 7.32. The van der Waals surface area contributed by atoms with Gasteiger partial charge in [-0.2, -0.15) is 0 Å². The summed E-state index contributed by atoms with van der Waals surface area (Å²) in [5, 5.41) is 8.33. The van der Waals surface area contributed by atoms with E-state index < -0.39 is 0 Å². The number of ether oxygens (including phenoxy) is 1. The fraction of sp³-hybridized carbons (Fsp3) is 0.400. The summed E-state index contributed by atoms with van der Waals surface area (Å²) in [6, 6.07) is 8.03. The van der Waals surface area contributed by atoms with E-state index in [0.29, 0.717) is 11.7 Å². The van der Waals surface area contributed by atoms with Crippen molar-refractivity contribution in [2.24, 2.45) is 9.98 Å². The zero-order valence-corrected chi connectivity index (χ0v) is 20.4. The van der Waals surface area contributed by atoms with Crippen molar-refractivity contribution in [2.45, 2.75) is 27.2 Å². The van der Waals surface area contributed by atoms with E-state index >= 15 is 0 Å². The molecule has 0 atom stereocenters. The van der Waals surface area contributed by atoms with Gasteiger partial charge >= 0.3 is 0 Å². The number of hydrogen-bond donors (Lipinski definition) is 2. The number of aromatic nitrogens is 2. The van der Waals surface area contributed by atoms with E-state index in [1.165, 1.54) is 5.39 Å². The van der Waals surface area contributed by atoms with Gasteiger partial charge in [0.15, 0.2) is 6.73 Å². The van der Waals surface area contributed by atoms with Gasteiger partial charge in [-0.05, 0) is 52.2 Å². The van der Waals surface area contributed by atoms with Crippen molar-refractivity contribution in [3.8, 4) is 5.75 Å². The van der Waals surface area contributed by atoms with E-state index in [4.69, 9.17) is 14.3 Å². The first kappa shape index (κ1) is 23.6. The van der Waals surface area contributed by atoms with Crippen LogP contribution in [0.1, 0.15) is 23.9 Å². The molecule has 1 aromatic carbocycles. The van der Waals surface area contributed by atoms with Gasteiger partial charge in [0.2, 0.25) is 5.88 Å². The molecule has 0 bridgehead atoms. The number of fused-ring (bicyclic) bond motifs is 1. The number of H-pyrrole nitrogens is 1. The Balaban J connectivity index is 1.54. The minimum absolute atomic E-state index is 0.195. The summed E-state index contributed by atoms with van der Waals surface area (Å²) in [6.07, 6.45) is 2.67. The Labute approximate surface area is 200 Å². The summed E-state index contributed by atoms with van der Waals surface area (Å²) in [6.45, 7) is 13.7. The predicted octanol–water partition coefficient (Wildman–Crippen LogP) is 3.97. The molecule has 0 saturated carbocycles. The Bertz CT molecular complexity index is 1200. The highest BCUT2D eigenvalue weighted by molar-refractivity contribution is 5.94. The third-order valence-electron chi connectivity index (χ3n) is 6.04. The Hall–Kier alpha value is -3.59. The minimum atomic E-state index is 0.195. The van der Waals surface area contributed by atoms with Crippen LogP contribution in [-0.4, -0.2) is 72.5 Å². The molecule has 2 N–H and O–H groups in total. The third kappa shape index (κ3) is 5.48. The maximum atomic E-state index is 6.09. The molecule has 0 spiro atoms. The van der Waals surface area contributed by atoms with Crippen LogP contribution in [0.4, 0.5) is 5.88 Å². The molecular weight excluding hydrogens is 430 g/mol.